The lowest BCUT2D eigenvalue weighted by Crippen LogP contribution is -2.54. The first kappa shape index (κ1) is 39.6. The fraction of sp³-hybridized carbons (Fsp3) is 0.191. The van der Waals surface area contributed by atoms with E-state index in [-0.39, 0.29) is 18.7 Å². The number of aliphatic carboxylic acids is 1. The molecule has 8 rings (SSSR count). The molecule has 10 nitrogen and oxygen atoms in total. The molecule has 59 heavy (non-hydrogen) atoms. The van der Waals surface area contributed by atoms with Crippen LogP contribution in [0.25, 0.3) is 11.1 Å². The lowest BCUT2D eigenvalue weighted by atomic mass is 9.91. The van der Waals surface area contributed by atoms with Gasteiger partial charge in [0.05, 0.1) is 27.5 Å². The summed E-state index contributed by atoms with van der Waals surface area (Å²) < 4.78 is 12.3. The van der Waals surface area contributed by atoms with E-state index in [1.54, 1.807) is 42.6 Å². The Labute approximate surface area is 351 Å². The second-order valence-corrected chi connectivity index (χ2v) is 15.6. The Morgan fingerprint density at radius 2 is 1.63 bits per heavy atom. The number of anilines is 1. The number of carbonyl (C=O) groups is 3. The number of rotatable bonds is 12. The molecule has 3 N–H and O–H groups in total. The number of hydrogen-bond donors (Lipinski definition) is 3. The van der Waals surface area contributed by atoms with E-state index in [2.05, 4.69) is 39.9 Å². The van der Waals surface area contributed by atoms with Gasteiger partial charge in [0.25, 0.3) is 5.91 Å². The van der Waals surface area contributed by atoms with Crippen molar-refractivity contribution in [3.05, 3.63) is 177 Å². The summed E-state index contributed by atoms with van der Waals surface area (Å²) in [5.74, 6) is -0.743. The Bertz CT molecular complexity index is 2500. The average molecular weight is 828 g/mol. The van der Waals surface area contributed by atoms with Gasteiger partial charge < -0.3 is 25.2 Å². The van der Waals surface area contributed by atoms with Gasteiger partial charge in [0.1, 0.15) is 24.1 Å². The molecule has 1 aromatic heterocycles. The number of carboxylic acids is 1. The average Bonchev–Trinajstić information content (AvgIpc) is 3.24. The molecule has 2 aliphatic heterocycles. The standard InChI is InChI=1S/C47H40Cl2N4O6/c1-28-5-10-31(11-6-28)32-12-7-29(8-13-32)21-41(47(56)57)52-45(54)42-23-34-22-40-43(24-35(34)25-53(42)26-36-4-2-3-19-50-36)59-44(46(55)51-40)33-14-16-37(17-15-33)58-27-30-9-18-38(48)39(49)20-30/h2-20,22,24,41-42,44H,21,23,25-27H2,1H3,(H,51,55)(H,52,54)(H,56,57). The Kier molecular flexibility index (Phi) is 11.6. The zero-order chi connectivity index (χ0) is 41.0. The first-order valence-corrected chi connectivity index (χ1v) is 19.9. The molecule has 12 heteroatoms. The second kappa shape index (κ2) is 17.3. The number of ether oxygens (including phenoxy) is 2. The summed E-state index contributed by atoms with van der Waals surface area (Å²) in [4.78, 5) is 46.6. The molecule has 0 spiro atoms. The predicted octanol–water partition coefficient (Wildman–Crippen LogP) is 8.75. The SMILES string of the molecule is Cc1ccc(-c2ccc(CC(NC(=O)C3Cc4cc5c(cc4CN3Cc3ccccn3)OC(c3ccc(OCc4ccc(Cl)c(Cl)c4)cc3)C(=O)N5)C(=O)O)cc2)cc1. The van der Waals surface area contributed by atoms with E-state index >= 15 is 0 Å². The van der Waals surface area contributed by atoms with Gasteiger partial charge in [-0.2, -0.15) is 0 Å². The number of nitrogens with zero attached hydrogens (tertiary/aromatic N) is 2. The van der Waals surface area contributed by atoms with Crippen molar-refractivity contribution in [2.75, 3.05) is 5.32 Å². The molecule has 0 aliphatic carbocycles. The number of hydrogen-bond acceptors (Lipinski definition) is 7. The highest BCUT2D eigenvalue weighted by atomic mass is 35.5. The van der Waals surface area contributed by atoms with Crippen molar-refractivity contribution >= 4 is 46.7 Å². The van der Waals surface area contributed by atoms with Gasteiger partial charge in [-0.1, -0.05) is 102 Å². The van der Waals surface area contributed by atoms with Crippen molar-refractivity contribution in [2.24, 2.45) is 0 Å². The molecule has 298 valence electrons. The van der Waals surface area contributed by atoms with Crippen LogP contribution in [0.15, 0.2) is 128 Å². The summed E-state index contributed by atoms with van der Waals surface area (Å²) in [7, 11) is 0. The summed E-state index contributed by atoms with van der Waals surface area (Å²) in [5, 5.41) is 17.0. The lowest BCUT2D eigenvalue weighted by molar-refractivity contribution is -0.142. The number of aromatic nitrogens is 1. The third-order valence-corrected chi connectivity index (χ3v) is 11.4. The summed E-state index contributed by atoms with van der Waals surface area (Å²) in [6.07, 6.45) is 1.20. The summed E-state index contributed by atoms with van der Waals surface area (Å²) in [6.45, 7) is 3.05. The maximum Gasteiger partial charge on any atom is 0.326 e. The zero-order valence-corrected chi connectivity index (χ0v) is 33.5. The number of halogens is 2. The minimum absolute atomic E-state index is 0.116. The van der Waals surface area contributed by atoms with Gasteiger partial charge in [0, 0.05) is 31.3 Å². The molecule has 5 aromatic carbocycles. The summed E-state index contributed by atoms with van der Waals surface area (Å²) >= 11 is 12.2. The van der Waals surface area contributed by atoms with Gasteiger partial charge >= 0.3 is 5.97 Å². The van der Waals surface area contributed by atoms with E-state index in [1.165, 1.54) is 5.56 Å². The van der Waals surface area contributed by atoms with Gasteiger partial charge in [0.2, 0.25) is 12.0 Å². The number of benzene rings is 5. The van der Waals surface area contributed by atoms with Gasteiger partial charge in [-0.25, -0.2) is 4.79 Å². The van der Waals surface area contributed by atoms with E-state index in [0.717, 1.165) is 39.1 Å². The molecule has 0 bridgehead atoms. The molecule has 0 fully saturated rings. The smallest absolute Gasteiger partial charge is 0.326 e. The van der Waals surface area contributed by atoms with Crippen LogP contribution in [0.2, 0.25) is 10.0 Å². The Balaban J connectivity index is 0.975. The van der Waals surface area contributed by atoms with Gasteiger partial charge in [0.15, 0.2) is 0 Å². The molecule has 3 heterocycles. The van der Waals surface area contributed by atoms with Crippen molar-refractivity contribution in [3.63, 3.8) is 0 Å². The van der Waals surface area contributed by atoms with Crippen LogP contribution in [0.1, 0.15) is 45.2 Å². The van der Waals surface area contributed by atoms with E-state index in [0.29, 0.717) is 52.5 Å². The molecule has 3 unspecified atom stereocenters. The molecule has 2 amide bonds. The van der Waals surface area contributed by atoms with Crippen molar-refractivity contribution in [1.29, 1.82) is 0 Å². The fourth-order valence-electron chi connectivity index (χ4n) is 7.41. The molecule has 0 saturated carbocycles. The van der Waals surface area contributed by atoms with Crippen LogP contribution in [0.3, 0.4) is 0 Å². The topological polar surface area (TPSA) is 130 Å². The first-order chi connectivity index (χ1) is 28.6. The Morgan fingerprint density at radius 1 is 0.898 bits per heavy atom. The predicted molar refractivity (Wildman–Crippen MR) is 227 cm³/mol. The molecule has 0 radical (unpaired) electrons. The molecule has 0 saturated heterocycles. The molecule has 6 aromatic rings. The number of aryl methyl sites for hydroxylation is 1. The zero-order valence-electron chi connectivity index (χ0n) is 32.0. The number of nitrogens with one attached hydrogen (secondary N) is 2. The van der Waals surface area contributed by atoms with E-state index in [4.69, 9.17) is 32.7 Å². The minimum atomic E-state index is -1.15. The van der Waals surface area contributed by atoms with Gasteiger partial charge in [-0.05, 0) is 95.3 Å². The van der Waals surface area contributed by atoms with Crippen LogP contribution in [0, 0.1) is 6.92 Å². The van der Waals surface area contributed by atoms with Crippen molar-refractivity contribution in [2.45, 2.75) is 57.6 Å². The quantitative estimate of drug-likeness (QED) is 0.112. The van der Waals surface area contributed by atoms with Crippen LogP contribution < -0.4 is 20.1 Å². The normalized spacial score (nSPS) is 16.5. The fourth-order valence-corrected chi connectivity index (χ4v) is 7.73. The highest BCUT2D eigenvalue weighted by Gasteiger charge is 2.37. The summed E-state index contributed by atoms with van der Waals surface area (Å²) in [5.41, 5.74) is 8.61. The van der Waals surface area contributed by atoms with Crippen molar-refractivity contribution < 1.29 is 29.0 Å². The molecule has 3 atom stereocenters. The Morgan fingerprint density at radius 3 is 2.32 bits per heavy atom. The van der Waals surface area contributed by atoms with Crippen LogP contribution >= 0.6 is 23.2 Å². The largest absolute Gasteiger partial charge is 0.489 e. The number of fused-ring (bicyclic) bond motifs is 2. The number of pyridine rings is 1. The molecular weight excluding hydrogens is 787 g/mol. The van der Waals surface area contributed by atoms with Crippen LogP contribution in [0.4, 0.5) is 5.69 Å². The number of carboxylic acid groups (broad SMARTS) is 1. The second-order valence-electron chi connectivity index (χ2n) is 14.8. The highest BCUT2D eigenvalue weighted by Crippen LogP contribution is 2.40. The van der Waals surface area contributed by atoms with Crippen molar-refractivity contribution in [3.8, 4) is 22.6 Å². The maximum atomic E-state index is 14.1. The van der Waals surface area contributed by atoms with Crippen molar-refractivity contribution in [1.82, 2.24) is 15.2 Å². The Hall–Kier alpha value is -6.20. The van der Waals surface area contributed by atoms with Crippen LogP contribution in [0.5, 0.6) is 11.5 Å². The highest BCUT2D eigenvalue weighted by molar-refractivity contribution is 6.42. The number of amides is 2. The minimum Gasteiger partial charge on any atom is -0.489 e. The van der Waals surface area contributed by atoms with Crippen LogP contribution in [-0.4, -0.2) is 44.9 Å². The maximum absolute atomic E-state index is 14.1. The van der Waals surface area contributed by atoms with Gasteiger partial charge in [-0.3, -0.25) is 19.5 Å². The van der Waals surface area contributed by atoms with E-state index in [1.807, 2.05) is 72.5 Å². The first-order valence-electron chi connectivity index (χ1n) is 19.2. The third kappa shape index (κ3) is 9.26. The van der Waals surface area contributed by atoms with E-state index in [9.17, 15) is 19.5 Å². The monoisotopic (exact) mass is 826 g/mol. The molecule has 2 aliphatic rings. The summed E-state index contributed by atoms with van der Waals surface area (Å²) in [6, 6.07) is 35.9. The molecular formula is C47H40Cl2N4O6. The number of carbonyl (C=O) groups excluding carboxylic acids is 2. The van der Waals surface area contributed by atoms with Crippen LogP contribution in [-0.2, 0) is 46.9 Å². The van der Waals surface area contributed by atoms with E-state index < -0.39 is 30.1 Å². The lowest BCUT2D eigenvalue weighted by Gasteiger charge is -2.37. The third-order valence-electron chi connectivity index (χ3n) is 10.6. The van der Waals surface area contributed by atoms with Gasteiger partial charge in [-0.15, -0.1) is 0 Å².